The van der Waals surface area contributed by atoms with E-state index in [1.165, 1.54) is 0 Å². The summed E-state index contributed by atoms with van der Waals surface area (Å²) >= 11 is 11.8. The molecule has 0 saturated heterocycles. The number of aromatic nitrogens is 1. The number of alkyl halides is 1. The minimum atomic E-state index is -0.298. The molecule has 122 valence electrons. The fourth-order valence-electron chi connectivity index (χ4n) is 2.44. The second kappa shape index (κ2) is 7.07. The van der Waals surface area contributed by atoms with Crippen LogP contribution in [0.2, 0.25) is 5.02 Å². The average molecular weight is 360 g/mol. The summed E-state index contributed by atoms with van der Waals surface area (Å²) in [6, 6.07) is 13.1. The molecule has 0 unspecified atom stereocenters. The van der Waals surface area contributed by atoms with Crippen molar-refractivity contribution in [3.63, 3.8) is 0 Å². The molecule has 1 aromatic heterocycles. The molecule has 24 heavy (non-hydrogen) atoms. The van der Waals surface area contributed by atoms with E-state index >= 15 is 0 Å². The molecule has 1 amide bonds. The van der Waals surface area contributed by atoms with Gasteiger partial charge in [-0.15, -0.1) is 11.6 Å². The van der Waals surface area contributed by atoms with E-state index < -0.39 is 0 Å². The predicted molar refractivity (Wildman–Crippen MR) is 99.1 cm³/mol. The van der Waals surface area contributed by atoms with Crippen LogP contribution in [0.5, 0.6) is 0 Å². The van der Waals surface area contributed by atoms with Crippen molar-refractivity contribution in [3.8, 4) is 0 Å². The fourth-order valence-corrected chi connectivity index (χ4v) is 2.79. The summed E-state index contributed by atoms with van der Waals surface area (Å²) in [6.07, 6.45) is 1.59. The zero-order valence-corrected chi connectivity index (χ0v) is 14.4. The van der Waals surface area contributed by atoms with E-state index in [0.29, 0.717) is 16.6 Å². The maximum absolute atomic E-state index is 12.3. The highest BCUT2D eigenvalue weighted by Gasteiger charge is 2.14. The number of aryl methyl sites for hydroxylation is 1. The van der Waals surface area contributed by atoms with Gasteiger partial charge in [0.15, 0.2) is 0 Å². The van der Waals surface area contributed by atoms with Crippen molar-refractivity contribution in [3.05, 3.63) is 69.9 Å². The quantitative estimate of drug-likeness (QED) is 0.398. The lowest BCUT2D eigenvalue weighted by Crippen LogP contribution is -2.18. The van der Waals surface area contributed by atoms with Gasteiger partial charge in [0, 0.05) is 21.8 Å². The minimum Gasteiger partial charge on any atom is -0.350 e. The molecule has 3 aromatic rings. The van der Waals surface area contributed by atoms with Gasteiger partial charge in [0.2, 0.25) is 0 Å². The van der Waals surface area contributed by atoms with Crippen LogP contribution in [0.3, 0.4) is 0 Å². The number of fused-ring (bicyclic) bond motifs is 1. The van der Waals surface area contributed by atoms with Crippen LogP contribution in [0.15, 0.2) is 47.6 Å². The van der Waals surface area contributed by atoms with Gasteiger partial charge < -0.3 is 4.98 Å². The molecule has 6 heteroatoms. The Balaban J connectivity index is 1.75. The van der Waals surface area contributed by atoms with Gasteiger partial charge in [0.05, 0.1) is 6.21 Å². The molecule has 0 atom stereocenters. The number of aromatic amines is 1. The first-order chi connectivity index (χ1) is 11.6. The molecule has 0 aliphatic rings. The van der Waals surface area contributed by atoms with Gasteiger partial charge in [-0.1, -0.05) is 35.9 Å². The zero-order chi connectivity index (χ0) is 17.1. The molecule has 4 nitrogen and oxygen atoms in total. The topological polar surface area (TPSA) is 57.2 Å². The maximum atomic E-state index is 12.3. The lowest BCUT2D eigenvalue weighted by atomic mass is 10.1. The lowest BCUT2D eigenvalue weighted by Gasteiger charge is -1.99. The van der Waals surface area contributed by atoms with Crippen LogP contribution >= 0.6 is 23.2 Å². The molecule has 0 saturated carbocycles. The summed E-state index contributed by atoms with van der Waals surface area (Å²) in [5, 5.41) is 5.56. The Morgan fingerprint density at radius 1 is 1.25 bits per heavy atom. The molecule has 0 fully saturated rings. The second-order valence-corrected chi connectivity index (χ2v) is 6.09. The van der Waals surface area contributed by atoms with Crippen molar-refractivity contribution < 1.29 is 4.79 Å². The smallest absolute Gasteiger partial charge is 0.288 e. The number of H-pyrrole nitrogens is 1. The molecule has 2 N–H and O–H groups in total. The summed E-state index contributed by atoms with van der Waals surface area (Å²) in [4.78, 5) is 15.4. The molecule has 0 aliphatic heterocycles. The largest absolute Gasteiger partial charge is 0.350 e. The number of nitrogens with one attached hydrogen (secondary N) is 2. The van der Waals surface area contributed by atoms with Gasteiger partial charge >= 0.3 is 0 Å². The number of nitrogens with zero attached hydrogens (tertiary/aromatic N) is 1. The number of halogens is 2. The van der Waals surface area contributed by atoms with Crippen molar-refractivity contribution in [2.24, 2.45) is 5.10 Å². The molecule has 0 aliphatic carbocycles. The first-order valence-corrected chi connectivity index (χ1v) is 8.26. The van der Waals surface area contributed by atoms with Gasteiger partial charge in [0.25, 0.3) is 5.91 Å². The third kappa shape index (κ3) is 3.45. The number of carbonyl (C=O) groups excluding carboxylic acids is 1. The van der Waals surface area contributed by atoms with Crippen molar-refractivity contribution >= 4 is 46.2 Å². The summed E-state index contributed by atoms with van der Waals surface area (Å²) < 4.78 is 0. The van der Waals surface area contributed by atoms with Crippen molar-refractivity contribution in [1.29, 1.82) is 0 Å². The summed E-state index contributed by atoms with van der Waals surface area (Å²) in [7, 11) is 0. The molecule has 0 bridgehead atoms. The number of hydrazone groups is 1. The summed E-state index contributed by atoms with van der Waals surface area (Å²) in [5.74, 6) is 0.172. The number of rotatable bonds is 4. The van der Waals surface area contributed by atoms with Gasteiger partial charge in [-0.25, -0.2) is 5.43 Å². The highest BCUT2D eigenvalue weighted by molar-refractivity contribution is 6.31. The molecular weight excluding hydrogens is 345 g/mol. The molecular formula is C18H15Cl2N3O. The highest BCUT2D eigenvalue weighted by atomic mass is 35.5. The first-order valence-electron chi connectivity index (χ1n) is 7.34. The van der Waals surface area contributed by atoms with Crippen LogP contribution in [0.4, 0.5) is 0 Å². The van der Waals surface area contributed by atoms with E-state index in [9.17, 15) is 4.79 Å². The molecule has 0 spiro atoms. The van der Waals surface area contributed by atoms with Crippen LogP contribution in [-0.4, -0.2) is 17.1 Å². The van der Waals surface area contributed by atoms with Crippen molar-refractivity contribution in [1.82, 2.24) is 10.4 Å². The maximum Gasteiger partial charge on any atom is 0.288 e. The monoisotopic (exact) mass is 359 g/mol. The third-order valence-corrected chi connectivity index (χ3v) is 4.30. The Labute approximate surface area is 149 Å². The number of benzene rings is 2. The zero-order valence-electron chi connectivity index (χ0n) is 12.9. The van der Waals surface area contributed by atoms with Crippen LogP contribution in [0, 0.1) is 6.92 Å². The highest BCUT2D eigenvalue weighted by Crippen LogP contribution is 2.24. The fraction of sp³-hybridized carbons (Fsp3) is 0.111. The lowest BCUT2D eigenvalue weighted by molar-refractivity contribution is 0.0950. The van der Waals surface area contributed by atoms with Gasteiger partial charge in [0.1, 0.15) is 5.69 Å². The standard InChI is InChI=1S/C18H15Cl2N3O/c1-11-15-8-14(20)6-7-16(15)22-17(11)18(24)23-21-10-13-4-2-12(9-19)3-5-13/h2-8,10,22H,9H2,1H3,(H,23,24)/b21-10+. The van der Waals surface area contributed by atoms with Crippen LogP contribution < -0.4 is 5.43 Å². The normalized spacial score (nSPS) is 11.3. The molecule has 2 aromatic carbocycles. The Hall–Kier alpha value is -2.30. The van der Waals surface area contributed by atoms with Crippen LogP contribution in [0.1, 0.15) is 27.2 Å². The van der Waals surface area contributed by atoms with Gasteiger partial charge in [-0.05, 0) is 41.8 Å². The van der Waals surface area contributed by atoms with Crippen molar-refractivity contribution in [2.75, 3.05) is 0 Å². The van der Waals surface area contributed by atoms with E-state index in [1.54, 1.807) is 12.3 Å². The SMILES string of the molecule is Cc1c(C(=O)N/N=C/c2ccc(CCl)cc2)[nH]c2ccc(Cl)cc12. The Morgan fingerprint density at radius 3 is 2.71 bits per heavy atom. The van der Waals surface area contributed by atoms with E-state index in [-0.39, 0.29) is 5.91 Å². The summed E-state index contributed by atoms with van der Waals surface area (Å²) in [6.45, 7) is 1.87. The van der Waals surface area contributed by atoms with Gasteiger partial charge in [-0.2, -0.15) is 5.10 Å². The Kier molecular flexibility index (Phi) is 4.88. The van der Waals surface area contributed by atoms with E-state index in [0.717, 1.165) is 27.6 Å². The second-order valence-electron chi connectivity index (χ2n) is 5.39. The Bertz CT molecular complexity index is 914. The molecule has 0 radical (unpaired) electrons. The van der Waals surface area contributed by atoms with Gasteiger partial charge in [-0.3, -0.25) is 4.79 Å². The van der Waals surface area contributed by atoms with E-state index in [1.807, 2.05) is 43.3 Å². The average Bonchev–Trinajstić information content (AvgIpc) is 2.92. The number of amides is 1. The first kappa shape index (κ1) is 16.6. The Morgan fingerprint density at radius 2 is 2.00 bits per heavy atom. The van der Waals surface area contributed by atoms with Crippen molar-refractivity contribution in [2.45, 2.75) is 12.8 Å². The number of hydrogen-bond donors (Lipinski definition) is 2. The molecule has 1 heterocycles. The van der Waals surface area contributed by atoms with Crippen LogP contribution in [-0.2, 0) is 5.88 Å². The predicted octanol–water partition coefficient (Wildman–Crippen LogP) is 4.63. The van der Waals surface area contributed by atoms with E-state index in [2.05, 4.69) is 15.5 Å². The minimum absolute atomic E-state index is 0.298. The summed E-state index contributed by atoms with van der Waals surface area (Å²) in [5.41, 5.74) is 6.62. The van der Waals surface area contributed by atoms with E-state index in [4.69, 9.17) is 23.2 Å². The number of hydrogen-bond acceptors (Lipinski definition) is 2. The number of carbonyl (C=O) groups is 1. The third-order valence-electron chi connectivity index (χ3n) is 3.76. The molecule has 3 rings (SSSR count). The van der Waals surface area contributed by atoms with Crippen LogP contribution in [0.25, 0.3) is 10.9 Å².